The number of nitro groups is 1. The zero-order chi connectivity index (χ0) is 18.3. The minimum Gasteiger partial charge on any atom is -0.390 e. The lowest BCUT2D eigenvalue weighted by Gasteiger charge is -2.13. The number of aromatic amines is 1. The third-order valence-corrected chi connectivity index (χ3v) is 2.13. The summed E-state index contributed by atoms with van der Waals surface area (Å²) in [7, 11) is 0. The number of rotatable bonds is 8. The van der Waals surface area contributed by atoms with Gasteiger partial charge in [0.2, 0.25) is 5.69 Å². The van der Waals surface area contributed by atoms with Gasteiger partial charge in [0, 0.05) is 12.6 Å². The standard InChI is InChI=1S/C10H17N5O4.2C2H6/c1-3-4-19-6-7(2)13-14-9(16)8-5-11-10(12-8)15(17)18;2*1-2/h5,7,13H,3-4,6H2,1-2H3,(H,11,12)(H,14,16);2*1-2H3. The zero-order valence-electron chi connectivity index (χ0n) is 14.8. The van der Waals surface area contributed by atoms with E-state index in [4.69, 9.17) is 4.74 Å². The summed E-state index contributed by atoms with van der Waals surface area (Å²) >= 11 is 0. The van der Waals surface area contributed by atoms with E-state index in [2.05, 4.69) is 20.8 Å². The van der Waals surface area contributed by atoms with E-state index >= 15 is 0 Å². The minimum absolute atomic E-state index is 0.0147. The van der Waals surface area contributed by atoms with E-state index in [1.165, 1.54) is 0 Å². The zero-order valence-corrected chi connectivity index (χ0v) is 14.8. The monoisotopic (exact) mass is 331 g/mol. The van der Waals surface area contributed by atoms with Crippen LogP contribution in [0.5, 0.6) is 0 Å². The fourth-order valence-corrected chi connectivity index (χ4v) is 1.22. The molecule has 3 N–H and O–H groups in total. The number of carbonyl (C=O) groups is 1. The first-order valence-corrected chi connectivity index (χ1v) is 7.87. The van der Waals surface area contributed by atoms with Crippen molar-refractivity contribution in [1.29, 1.82) is 0 Å². The van der Waals surface area contributed by atoms with Crippen LogP contribution in [0.1, 0.15) is 58.5 Å². The van der Waals surface area contributed by atoms with Crippen molar-refractivity contribution in [3.05, 3.63) is 22.0 Å². The van der Waals surface area contributed by atoms with Crippen molar-refractivity contribution in [3.63, 3.8) is 0 Å². The number of imidazole rings is 1. The highest BCUT2D eigenvalue weighted by Crippen LogP contribution is 2.04. The number of hydrazine groups is 1. The Morgan fingerprint density at radius 2 is 2.04 bits per heavy atom. The van der Waals surface area contributed by atoms with Crippen LogP contribution >= 0.6 is 0 Å². The molecule has 0 bridgehead atoms. The van der Waals surface area contributed by atoms with E-state index in [0.717, 1.165) is 12.6 Å². The molecule has 0 saturated heterocycles. The van der Waals surface area contributed by atoms with Crippen molar-refractivity contribution in [2.75, 3.05) is 13.2 Å². The number of amides is 1. The van der Waals surface area contributed by atoms with Gasteiger partial charge in [-0.3, -0.25) is 10.2 Å². The van der Waals surface area contributed by atoms with E-state index in [9.17, 15) is 14.9 Å². The molecule has 1 aromatic rings. The number of hydrogen-bond donors (Lipinski definition) is 3. The first-order chi connectivity index (χ1) is 11.0. The Kier molecular flexibility index (Phi) is 15.1. The van der Waals surface area contributed by atoms with Crippen molar-refractivity contribution in [2.45, 2.75) is 54.0 Å². The molecule has 1 atom stereocenters. The summed E-state index contributed by atoms with van der Waals surface area (Å²) in [5, 5.41) is 10.4. The van der Waals surface area contributed by atoms with Crippen LogP contribution < -0.4 is 10.9 Å². The Morgan fingerprint density at radius 3 is 2.52 bits per heavy atom. The first-order valence-electron chi connectivity index (χ1n) is 7.87. The summed E-state index contributed by atoms with van der Waals surface area (Å²) < 4.78 is 5.29. The molecule has 0 aromatic carbocycles. The molecule has 134 valence electrons. The van der Waals surface area contributed by atoms with Gasteiger partial charge in [-0.25, -0.2) is 10.4 Å². The summed E-state index contributed by atoms with van der Waals surface area (Å²) in [4.78, 5) is 27.1. The van der Waals surface area contributed by atoms with Crippen molar-refractivity contribution in [2.24, 2.45) is 0 Å². The molecule has 0 spiro atoms. The van der Waals surface area contributed by atoms with Gasteiger partial charge in [0.1, 0.15) is 0 Å². The molecule has 9 nitrogen and oxygen atoms in total. The summed E-state index contributed by atoms with van der Waals surface area (Å²) in [6.07, 6.45) is 2.03. The van der Waals surface area contributed by atoms with Crippen LogP contribution in [0.3, 0.4) is 0 Å². The van der Waals surface area contributed by atoms with Gasteiger partial charge in [-0.15, -0.1) is 0 Å². The molecule has 0 saturated carbocycles. The lowest BCUT2D eigenvalue weighted by Crippen LogP contribution is -2.45. The molecule has 1 rings (SSSR count). The average molecular weight is 331 g/mol. The Morgan fingerprint density at radius 1 is 1.43 bits per heavy atom. The molecule has 1 aromatic heterocycles. The molecule has 0 fully saturated rings. The first kappa shape index (κ1) is 23.3. The molecular weight excluding hydrogens is 302 g/mol. The van der Waals surface area contributed by atoms with Crippen molar-refractivity contribution < 1.29 is 14.5 Å². The minimum atomic E-state index is -0.703. The van der Waals surface area contributed by atoms with E-state index in [1.54, 1.807) is 0 Å². The summed E-state index contributed by atoms with van der Waals surface area (Å²) in [5.74, 6) is -0.993. The third-order valence-electron chi connectivity index (χ3n) is 2.13. The van der Waals surface area contributed by atoms with Crippen LogP contribution in [0.25, 0.3) is 0 Å². The third kappa shape index (κ3) is 10.4. The van der Waals surface area contributed by atoms with Crippen molar-refractivity contribution in [3.8, 4) is 0 Å². The molecule has 0 aliphatic carbocycles. The second-order valence-electron chi connectivity index (χ2n) is 3.95. The molecule has 0 aliphatic heterocycles. The quantitative estimate of drug-likeness (QED) is 0.382. The SMILES string of the molecule is CC.CC.CCCOCC(C)NNC(=O)c1cnc([N+](=O)[O-])[nH]1. The summed E-state index contributed by atoms with van der Waals surface area (Å²) in [6.45, 7) is 13.0. The lowest BCUT2D eigenvalue weighted by molar-refractivity contribution is -0.393. The van der Waals surface area contributed by atoms with Gasteiger partial charge in [0.15, 0.2) is 6.20 Å². The maximum absolute atomic E-state index is 11.6. The van der Waals surface area contributed by atoms with E-state index in [1.807, 2.05) is 41.5 Å². The van der Waals surface area contributed by atoms with Crippen LogP contribution in [-0.2, 0) is 4.74 Å². The molecule has 23 heavy (non-hydrogen) atoms. The van der Waals surface area contributed by atoms with E-state index in [-0.39, 0.29) is 11.7 Å². The second kappa shape index (κ2) is 14.9. The summed E-state index contributed by atoms with van der Waals surface area (Å²) in [5.41, 5.74) is 5.17. The van der Waals surface area contributed by atoms with Crippen LogP contribution in [0, 0.1) is 10.1 Å². The second-order valence-corrected chi connectivity index (χ2v) is 3.95. The number of H-pyrrole nitrogens is 1. The highest BCUT2D eigenvalue weighted by atomic mass is 16.6. The number of carbonyl (C=O) groups excluding carboxylic acids is 1. The fourth-order valence-electron chi connectivity index (χ4n) is 1.22. The maximum Gasteiger partial charge on any atom is 0.432 e. The van der Waals surface area contributed by atoms with Gasteiger partial charge in [0.05, 0.1) is 6.61 Å². The fraction of sp³-hybridized carbons (Fsp3) is 0.714. The number of hydrogen-bond acceptors (Lipinski definition) is 6. The number of nitrogens with one attached hydrogen (secondary N) is 3. The van der Waals surface area contributed by atoms with E-state index < -0.39 is 16.8 Å². The van der Waals surface area contributed by atoms with Crippen molar-refractivity contribution in [1.82, 2.24) is 20.8 Å². The van der Waals surface area contributed by atoms with Crippen LogP contribution in [0.2, 0.25) is 0 Å². The maximum atomic E-state index is 11.6. The van der Waals surface area contributed by atoms with Crippen molar-refractivity contribution >= 4 is 11.9 Å². The Balaban J connectivity index is 0. The molecule has 1 unspecified atom stereocenters. The predicted octanol–water partition coefficient (Wildman–Crippen LogP) is 2.42. The highest BCUT2D eigenvalue weighted by molar-refractivity contribution is 5.91. The van der Waals surface area contributed by atoms with Gasteiger partial charge in [0.25, 0.3) is 5.91 Å². The van der Waals surface area contributed by atoms with E-state index in [0.29, 0.717) is 13.2 Å². The summed E-state index contributed by atoms with van der Waals surface area (Å²) in [6, 6.07) is -0.0755. The Bertz CT molecular complexity index is 437. The molecule has 1 heterocycles. The van der Waals surface area contributed by atoms with Gasteiger partial charge < -0.3 is 14.9 Å². The number of nitrogens with zero attached hydrogens (tertiary/aromatic N) is 2. The van der Waals surface area contributed by atoms with Gasteiger partial charge >= 0.3 is 5.95 Å². The number of ether oxygens (including phenoxy) is 1. The van der Waals surface area contributed by atoms with Crippen LogP contribution in [0.4, 0.5) is 5.95 Å². The largest absolute Gasteiger partial charge is 0.432 e. The average Bonchev–Trinajstić information content (AvgIpc) is 3.07. The Hall–Kier alpha value is -2.00. The van der Waals surface area contributed by atoms with Gasteiger partial charge in [-0.05, 0) is 18.3 Å². The molecule has 0 aliphatic rings. The Labute approximate surface area is 137 Å². The highest BCUT2D eigenvalue weighted by Gasteiger charge is 2.17. The molecule has 9 heteroatoms. The smallest absolute Gasteiger partial charge is 0.390 e. The van der Waals surface area contributed by atoms with Crippen LogP contribution in [-0.4, -0.2) is 40.1 Å². The van der Waals surface area contributed by atoms with Crippen LogP contribution in [0.15, 0.2) is 6.20 Å². The number of aromatic nitrogens is 2. The normalized spacial score (nSPS) is 10.5. The molecule has 0 radical (unpaired) electrons. The van der Waals surface area contributed by atoms with Gasteiger partial charge in [-0.2, -0.15) is 0 Å². The van der Waals surface area contributed by atoms with Gasteiger partial charge in [-0.1, -0.05) is 39.6 Å². The predicted molar refractivity (Wildman–Crippen MR) is 89.1 cm³/mol. The molecule has 1 amide bonds. The topological polar surface area (TPSA) is 122 Å². The lowest BCUT2D eigenvalue weighted by atomic mass is 10.4. The molecular formula is C14H29N5O4.